The van der Waals surface area contributed by atoms with Gasteiger partial charge in [0.1, 0.15) is 0 Å². The first-order valence-electron chi connectivity index (χ1n) is 4.97. The number of hydrogen-bond acceptors (Lipinski definition) is 3. The third kappa shape index (κ3) is 3.71. The number of aromatic nitrogens is 2. The van der Waals surface area contributed by atoms with Gasteiger partial charge in [0.2, 0.25) is 5.91 Å². The van der Waals surface area contributed by atoms with Gasteiger partial charge in [-0.3, -0.25) is 9.48 Å². The topological polar surface area (TPSA) is 50.2 Å². The second-order valence-corrected chi connectivity index (χ2v) is 4.09. The van der Waals surface area contributed by atoms with Crippen LogP contribution >= 0.6 is 0 Å². The SMILES string of the molecule is CC(C)n1cc(NC(=O)CN(C)C)cn1. The van der Waals surface area contributed by atoms with Crippen molar-refractivity contribution in [2.75, 3.05) is 26.0 Å². The van der Waals surface area contributed by atoms with Crippen LogP contribution in [0.3, 0.4) is 0 Å². The summed E-state index contributed by atoms with van der Waals surface area (Å²) in [6.45, 7) is 4.46. The molecule has 0 saturated carbocycles. The van der Waals surface area contributed by atoms with E-state index in [1.165, 1.54) is 0 Å². The van der Waals surface area contributed by atoms with E-state index in [2.05, 4.69) is 10.4 Å². The van der Waals surface area contributed by atoms with Gasteiger partial charge in [-0.05, 0) is 27.9 Å². The molecule has 0 spiro atoms. The lowest BCUT2D eigenvalue weighted by Gasteiger charge is -2.08. The van der Waals surface area contributed by atoms with Crippen LogP contribution in [-0.4, -0.2) is 41.2 Å². The molecule has 15 heavy (non-hydrogen) atoms. The van der Waals surface area contributed by atoms with Crippen molar-refractivity contribution in [3.8, 4) is 0 Å². The zero-order valence-corrected chi connectivity index (χ0v) is 9.69. The molecule has 5 nitrogen and oxygen atoms in total. The summed E-state index contributed by atoms with van der Waals surface area (Å²) in [7, 11) is 3.72. The highest BCUT2D eigenvalue weighted by molar-refractivity contribution is 5.91. The molecule has 0 unspecified atom stereocenters. The molecule has 0 radical (unpaired) electrons. The summed E-state index contributed by atoms with van der Waals surface area (Å²) in [5.74, 6) is -0.0247. The van der Waals surface area contributed by atoms with Gasteiger partial charge >= 0.3 is 0 Å². The fourth-order valence-corrected chi connectivity index (χ4v) is 1.17. The molecule has 5 heteroatoms. The average molecular weight is 210 g/mol. The van der Waals surface area contributed by atoms with E-state index in [1.807, 2.05) is 43.7 Å². The van der Waals surface area contributed by atoms with Gasteiger partial charge in [0, 0.05) is 12.2 Å². The van der Waals surface area contributed by atoms with Crippen LogP contribution in [0, 0.1) is 0 Å². The number of rotatable bonds is 4. The molecule has 1 aromatic heterocycles. The zero-order valence-electron chi connectivity index (χ0n) is 9.69. The Kier molecular flexibility index (Phi) is 3.85. The molecule has 0 aliphatic heterocycles. The quantitative estimate of drug-likeness (QED) is 0.805. The number of likely N-dealkylation sites (N-methyl/N-ethyl adjacent to an activating group) is 1. The van der Waals surface area contributed by atoms with Crippen molar-refractivity contribution >= 4 is 11.6 Å². The number of carbonyl (C=O) groups is 1. The summed E-state index contributed by atoms with van der Waals surface area (Å²) in [5, 5.41) is 6.92. The highest BCUT2D eigenvalue weighted by Gasteiger charge is 2.06. The Bertz CT molecular complexity index is 330. The second kappa shape index (κ2) is 4.93. The molecule has 84 valence electrons. The van der Waals surface area contributed by atoms with E-state index in [-0.39, 0.29) is 5.91 Å². The number of carbonyl (C=O) groups excluding carboxylic acids is 1. The molecule has 0 bridgehead atoms. The van der Waals surface area contributed by atoms with E-state index < -0.39 is 0 Å². The zero-order chi connectivity index (χ0) is 11.4. The molecular formula is C10H18N4O. The summed E-state index contributed by atoms with van der Waals surface area (Å²) >= 11 is 0. The van der Waals surface area contributed by atoms with Crippen LogP contribution in [0.4, 0.5) is 5.69 Å². The van der Waals surface area contributed by atoms with Crippen LogP contribution in [0.2, 0.25) is 0 Å². The molecule has 0 aromatic carbocycles. The number of nitrogens with one attached hydrogen (secondary N) is 1. The van der Waals surface area contributed by atoms with Crippen LogP contribution in [0.1, 0.15) is 19.9 Å². The van der Waals surface area contributed by atoms with E-state index in [0.29, 0.717) is 12.6 Å². The summed E-state index contributed by atoms with van der Waals surface area (Å²) in [4.78, 5) is 13.2. The second-order valence-electron chi connectivity index (χ2n) is 4.09. The highest BCUT2D eigenvalue weighted by Crippen LogP contribution is 2.09. The predicted octanol–water partition coefficient (Wildman–Crippen LogP) is 0.964. The largest absolute Gasteiger partial charge is 0.322 e. The molecule has 0 atom stereocenters. The lowest BCUT2D eigenvalue weighted by atomic mass is 10.4. The van der Waals surface area contributed by atoms with E-state index in [0.717, 1.165) is 5.69 Å². The van der Waals surface area contributed by atoms with Crippen molar-refractivity contribution in [3.63, 3.8) is 0 Å². The minimum Gasteiger partial charge on any atom is -0.322 e. The van der Waals surface area contributed by atoms with Gasteiger partial charge < -0.3 is 10.2 Å². The Balaban J connectivity index is 2.53. The van der Waals surface area contributed by atoms with Gasteiger partial charge in [-0.2, -0.15) is 5.10 Å². The van der Waals surface area contributed by atoms with Gasteiger partial charge in [-0.25, -0.2) is 0 Å². The summed E-state index contributed by atoms with van der Waals surface area (Å²) in [6.07, 6.45) is 3.49. The number of nitrogens with zero attached hydrogens (tertiary/aromatic N) is 3. The summed E-state index contributed by atoms with van der Waals surface area (Å²) in [6, 6.07) is 0.310. The Morgan fingerprint density at radius 1 is 1.60 bits per heavy atom. The van der Waals surface area contributed by atoms with Crippen molar-refractivity contribution in [3.05, 3.63) is 12.4 Å². The lowest BCUT2D eigenvalue weighted by Crippen LogP contribution is -2.26. The monoisotopic (exact) mass is 210 g/mol. The number of amides is 1. The molecule has 0 saturated heterocycles. The summed E-state index contributed by atoms with van der Waals surface area (Å²) < 4.78 is 1.81. The number of hydrogen-bond donors (Lipinski definition) is 1. The Morgan fingerprint density at radius 3 is 2.73 bits per heavy atom. The Morgan fingerprint density at radius 2 is 2.27 bits per heavy atom. The molecule has 0 aliphatic rings. The number of anilines is 1. The third-order valence-corrected chi connectivity index (χ3v) is 1.87. The molecule has 0 aliphatic carbocycles. The van der Waals surface area contributed by atoms with Gasteiger partial charge in [-0.15, -0.1) is 0 Å². The Hall–Kier alpha value is -1.36. The van der Waals surface area contributed by atoms with E-state index >= 15 is 0 Å². The van der Waals surface area contributed by atoms with Gasteiger partial charge in [-0.1, -0.05) is 0 Å². The lowest BCUT2D eigenvalue weighted by molar-refractivity contribution is -0.116. The maximum Gasteiger partial charge on any atom is 0.238 e. The smallest absolute Gasteiger partial charge is 0.238 e. The van der Waals surface area contributed by atoms with Crippen LogP contribution in [-0.2, 0) is 4.79 Å². The summed E-state index contributed by atoms with van der Waals surface area (Å²) in [5.41, 5.74) is 0.746. The fraction of sp³-hybridized carbons (Fsp3) is 0.600. The maximum atomic E-state index is 11.4. The van der Waals surface area contributed by atoms with Gasteiger partial charge in [0.15, 0.2) is 0 Å². The van der Waals surface area contributed by atoms with E-state index in [1.54, 1.807) is 6.20 Å². The maximum absolute atomic E-state index is 11.4. The predicted molar refractivity (Wildman–Crippen MR) is 59.8 cm³/mol. The molecule has 1 amide bonds. The van der Waals surface area contributed by atoms with E-state index in [4.69, 9.17) is 0 Å². The molecule has 1 N–H and O–H groups in total. The van der Waals surface area contributed by atoms with Crippen molar-refractivity contribution in [2.24, 2.45) is 0 Å². The molecule has 1 aromatic rings. The van der Waals surface area contributed by atoms with Crippen LogP contribution in [0.25, 0.3) is 0 Å². The van der Waals surface area contributed by atoms with Crippen LogP contribution in [0.15, 0.2) is 12.4 Å². The first-order chi connectivity index (χ1) is 6.99. The third-order valence-electron chi connectivity index (χ3n) is 1.87. The molecular weight excluding hydrogens is 192 g/mol. The molecule has 1 rings (SSSR count). The first-order valence-corrected chi connectivity index (χ1v) is 4.97. The van der Waals surface area contributed by atoms with E-state index in [9.17, 15) is 4.79 Å². The Labute approximate surface area is 90.1 Å². The highest BCUT2D eigenvalue weighted by atomic mass is 16.2. The van der Waals surface area contributed by atoms with Crippen LogP contribution < -0.4 is 5.32 Å². The molecule has 0 fully saturated rings. The average Bonchev–Trinajstić information content (AvgIpc) is 2.50. The first kappa shape index (κ1) is 11.7. The normalized spacial score (nSPS) is 11.1. The van der Waals surface area contributed by atoms with Gasteiger partial charge in [0.05, 0.1) is 18.4 Å². The fourth-order valence-electron chi connectivity index (χ4n) is 1.17. The van der Waals surface area contributed by atoms with Crippen LogP contribution in [0.5, 0.6) is 0 Å². The standard InChI is InChI=1S/C10H18N4O/c1-8(2)14-6-9(5-11-14)12-10(15)7-13(3)4/h5-6,8H,7H2,1-4H3,(H,12,15). The van der Waals surface area contributed by atoms with Crippen molar-refractivity contribution in [1.29, 1.82) is 0 Å². The molecule has 1 heterocycles. The van der Waals surface area contributed by atoms with Crippen molar-refractivity contribution in [1.82, 2.24) is 14.7 Å². The van der Waals surface area contributed by atoms with Crippen molar-refractivity contribution in [2.45, 2.75) is 19.9 Å². The van der Waals surface area contributed by atoms with Gasteiger partial charge in [0.25, 0.3) is 0 Å². The minimum atomic E-state index is -0.0247. The minimum absolute atomic E-state index is 0.0247. The van der Waals surface area contributed by atoms with Crippen molar-refractivity contribution < 1.29 is 4.79 Å².